The summed E-state index contributed by atoms with van der Waals surface area (Å²) in [5.41, 5.74) is 10.4. The Balaban J connectivity index is 2.69. The molecule has 3 unspecified atom stereocenters. The van der Waals surface area contributed by atoms with Gasteiger partial charge in [0.05, 0.1) is 19.0 Å². The van der Waals surface area contributed by atoms with Gasteiger partial charge in [0.2, 0.25) is 23.6 Å². The van der Waals surface area contributed by atoms with Crippen molar-refractivity contribution in [1.29, 1.82) is 0 Å². The fourth-order valence-corrected chi connectivity index (χ4v) is 2.83. The maximum atomic E-state index is 12.3. The van der Waals surface area contributed by atoms with Crippen molar-refractivity contribution in [1.82, 2.24) is 15.5 Å². The zero-order valence-corrected chi connectivity index (χ0v) is 15.6. The van der Waals surface area contributed by atoms with Gasteiger partial charge in [0.25, 0.3) is 0 Å². The highest BCUT2D eigenvalue weighted by Gasteiger charge is 2.34. The molecule has 13 heteroatoms. The van der Waals surface area contributed by atoms with E-state index in [0.717, 1.165) is 4.90 Å². The van der Waals surface area contributed by atoms with Gasteiger partial charge in [0, 0.05) is 13.0 Å². The van der Waals surface area contributed by atoms with Crippen molar-refractivity contribution in [2.75, 3.05) is 13.1 Å². The highest BCUT2D eigenvalue weighted by Crippen LogP contribution is 2.17. The van der Waals surface area contributed by atoms with Crippen molar-refractivity contribution >= 4 is 35.6 Å². The Hall–Kier alpha value is -3.22. The first-order valence-electron chi connectivity index (χ1n) is 8.89. The fourth-order valence-electron chi connectivity index (χ4n) is 2.83. The van der Waals surface area contributed by atoms with Gasteiger partial charge in [-0.1, -0.05) is 0 Å². The maximum absolute atomic E-state index is 12.3. The Morgan fingerprint density at radius 3 is 2.31 bits per heavy atom. The number of likely N-dealkylation sites (tertiary alicyclic amines) is 1. The molecule has 13 nitrogen and oxygen atoms in total. The molecule has 1 heterocycles. The second-order valence-corrected chi connectivity index (χ2v) is 6.57. The van der Waals surface area contributed by atoms with E-state index in [-0.39, 0.29) is 13.0 Å². The molecule has 0 saturated carbocycles. The summed E-state index contributed by atoms with van der Waals surface area (Å²) in [6.45, 7) is -0.276. The number of carboxylic acids is 2. The molecule has 1 aliphatic rings. The lowest BCUT2D eigenvalue weighted by Gasteiger charge is -2.23. The normalized spacial score (nSPS) is 17.8. The standard InChI is InChI=1S/C16H25N5O8/c17-8(6-11(18)22)14(26)20-9(3-4-13(24)25)15(27)19-7-12(23)21-5-1-2-10(21)16(28)29/h8-10H,1-7,17H2,(H2,18,22)(H,19,27)(H,20,26)(H,24,25)(H,28,29). The molecule has 0 aliphatic carbocycles. The Morgan fingerprint density at radius 1 is 1.10 bits per heavy atom. The molecule has 1 saturated heterocycles. The van der Waals surface area contributed by atoms with Crippen molar-refractivity contribution in [3.63, 3.8) is 0 Å². The van der Waals surface area contributed by atoms with E-state index in [1.54, 1.807) is 0 Å². The van der Waals surface area contributed by atoms with Crippen LogP contribution in [0.3, 0.4) is 0 Å². The molecule has 29 heavy (non-hydrogen) atoms. The van der Waals surface area contributed by atoms with E-state index in [9.17, 15) is 28.8 Å². The van der Waals surface area contributed by atoms with Gasteiger partial charge in [-0.15, -0.1) is 0 Å². The van der Waals surface area contributed by atoms with Crippen LogP contribution in [0.2, 0.25) is 0 Å². The van der Waals surface area contributed by atoms with Gasteiger partial charge >= 0.3 is 11.9 Å². The maximum Gasteiger partial charge on any atom is 0.326 e. The van der Waals surface area contributed by atoms with E-state index in [0.29, 0.717) is 12.8 Å². The summed E-state index contributed by atoms with van der Waals surface area (Å²) in [7, 11) is 0. The zero-order valence-electron chi connectivity index (χ0n) is 15.6. The van der Waals surface area contributed by atoms with Crippen molar-refractivity contribution in [2.45, 2.75) is 50.2 Å². The lowest BCUT2D eigenvalue weighted by molar-refractivity contribution is -0.148. The predicted molar refractivity (Wildman–Crippen MR) is 96.0 cm³/mol. The molecule has 162 valence electrons. The molecule has 8 N–H and O–H groups in total. The summed E-state index contributed by atoms with van der Waals surface area (Å²) in [5, 5.41) is 22.4. The minimum atomic E-state index is -1.32. The lowest BCUT2D eigenvalue weighted by Crippen LogP contribution is -2.54. The first-order chi connectivity index (χ1) is 13.5. The summed E-state index contributed by atoms with van der Waals surface area (Å²) in [6.07, 6.45) is -0.380. The van der Waals surface area contributed by atoms with Crippen LogP contribution in [0, 0.1) is 0 Å². The molecular formula is C16H25N5O8. The monoisotopic (exact) mass is 415 g/mol. The van der Waals surface area contributed by atoms with E-state index in [2.05, 4.69) is 10.6 Å². The third-order valence-corrected chi connectivity index (χ3v) is 4.31. The molecule has 3 atom stereocenters. The summed E-state index contributed by atoms with van der Waals surface area (Å²) in [6, 6.07) is -3.61. The second-order valence-electron chi connectivity index (χ2n) is 6.57. The summed E-state index contributed by atoms with van der Waals surface area (Å²) in [4.78, 5) is 70.4. The molecule has 0 radical (unpaired) electrons. The number of primary amides is 1. The van der Waals surface area contributed by atoms with Gasteiger partial charge in [-0.2, -0.15) is 0 Å². The number of hydrogen-bond donors (Lipinski definition) is 6. The van der Waals surface area contributed by atoms with Crippen LogP contribution >= 0.6 is 0 Å². The molecule has 0 aromatic heterocycles. The van der Waals surface area contributed by atoms with Crippen LogP contribution in [-0.2, 0) is 28.8 Å². The average Bonchev–Trinajstić information content (AvgIpc) is 3.12. The number of carbonyl (C=O) groups is 6. The predicted octanol–water partition coefficient (Wildman–Crippen LogP) is -3.27. The third-order valence-electron chi connectivity index (χ3n) is 4.31. The number of rotatable bonds is 11. The third kappa shape index (κ3) is 7.73. The molecule has 0 bridgehead atoms. The number of carbonyl (C=O) groups excluding carboxylic acids is 4. The Labute approximate surface area is 165 Å². The van der Waals surface area contributed by atoms with Crippen LogP contribution in [0.4, 0.5) is 0 Å². The molecular weight excluding hydrogens is 390 g/mol. The highest BCUT2D eigenvalue weighted by atomic mass is 16.4. The van der Waals surface area contributed by atoms with E-state index in [1.807, 2.05) is 0 Å². The number of carboxylic acid groups (broad SMARTS) is 2. The molecule has 0 spiro atoms. The van der Waals surface area contributed by atoms with Crippen LogP contribution in [0.25, 0.3) is 0 Å². The first kappa shape index (κ1) is 23.8. The summed E-state index contributed by atoms with van der Waals surface area (Å²) >= 11 is 0. The van der Waals surface area contributed by atoms with Crippen LogP contribution in [-0.4, -0.2) is 81.9 Å². The average molecular weight is 415 g/mol. The smallest absolute Gasteiger partial charge is 0.326 e. The van der Waals surface area contributed by atoms with E-state index >= 15 is 0 Å². The molecule has 0 aromatic rings. The molecule has 4 amide bonds. The quantitative estimate of drug-likeness (QED) is 0.199. The largest absolute Gasteiger partial charge is 0.481 e. The number of nitrogens with two attached hydrogens (primary N) is 2. The number of nitrogens with one attached hydrogen (secondary N) is 2. The second kappa shape index (κ2) is 10.9. The van der Waals surface area contributed by atoms with Gasteiger partial charge in [-0.3, -0.25) is 24.0 Å². The van der Waals surface area contributed by atoms with Crippen LogP contribution in [0.1, 0.15) is 32.1 Å². The molecule has 1 aliphatic heterocycles. The first-order valence-corrected chi connectivity index (χ1v) is 8.89. The van der Waals surface area contributed by atoms with Gasteiger partial charge in [-0.25, -0.2) is 4.79 Å². The number of nitrogens with zero attached hydrogens (tertiary/aromatic N) is 1. The Kier molecular flexibility index (Phi) is 8.99. The van der Waals surface area contributed by atoms with Crippen molar-refractivity contribution in [3.05, 3.63) is 0 Å². The van der Waals surface area contributed by atoms with Crippen LogP contribution in [0.15, 0.2) is 0 Å². The minimum Gasteiger partial charge on any atom is -0.481 e. The van der Waals surface area contributed by atoms with Gasteiger partial charge in [0.1, 0.15) is 12.1 Å². The zero-order chi connectivity index (χ0) is 22.1. The van der Waals surface area contributed by atoms with Gasteiger partial charge < -0.3 is 37.2 Å². The lowest BCUT2D eigenvalue weighted by atomic mass is 10.1. The van der Waals surface area contributed by atoms with Gasteiger partial charge in [0.15, 0.2) is 0 Å². The summed E-state index contributed by atoms with van der Waals surface area (Å²) in [5.74, 6) is -5.52. The fraction of sp³-hybridized carbons (Fsp3) is 0.625. The van der Waals surface area contributed by atoms with E-state index in [1.165, 1.54) is 0 Å². The van der Waals surface area contributed by atoms with Crippen LogP contribution < -0.4 is 22.1 Å². The van der Waals surface area contributed by atoms with Crippen molar-refractivity contribution < 1.29 is 39.0 Å². The number of aliphatic carboxylic acids is 2. The van der Waals surface area contributed by atoms with E-state index < -0.39 is 73.1 Å². The van der Waals surface area contributed by atoms with E-state index in [4.69, 9.17) is 21.7 Å². The SMILES string of the molecule is NC(=O)CC(N)C(=O)NC(CCC(=O)O)C(=O)NCC(=O)N1CCCC1C(=O)O. The van der Waals surface area contributed by atoms with Gasteiger partial charge in [-0.05, 0) is 19.3 Å². The number of amides is 4. The molecule has 1 fully saturated rings. The van der Waals surface area contributed by atoms with Crippen LogP contribution in [0.5, 0.6) is 0 Å². The highest BCUT2D eigenvalue weighted by molar-refractivity contribution is 5.94. The van der Waals surface area contributed by atoms with Crippen molar-refractivity contribution in [3.8, 4) is 0 Å². The Bertz CT molecular complexity index is 682. The topological polar surface area (TPSA) is 222 Å². The molecule has 1 rings (SSSR count). The number of hydrogen-bond acceptors (Lipinski definition) is 7. The Morgan fingerprint density at radius 2 is 1.76 bits per heavy atom. The summed E-state index contributed by atoms with van der Waals surface area (Å²) < 4.78 is 0. The van der Waals surface area contributed by atoms with Crippen molar-refractivity contribution in [2.24, 2.45) is 11.5 Å². The molecule has 0 aromatic carbocycles. The minimum absolute atomic E-state index is 0.243.